The Labute approximate surface area is 112 Å². The fraction of sp³-hybridized carbons (Fsp3) is 0.600. The number of H-pyrrole nitrogens is 1. The highest BCUT2D eigenvalue weighted by Crippen LogP contribution is 2.58. The van der Waals surface area contributed by atoms with Crippen molar-refractivity contribution in [2.24, 2.45) is 0 Å². The summed E-state index contributed by atoms with van der Waals surface area (Å²) in [6, 6.07) is 1.16. The SMILES string of the molecule is CP1(=O)OC2C(O1)[C@@H](CO)O[C@H]2n1ccc(=O)[nH]c1=O. The smallest absolute Gasteiger partial charge is 0.330 e. The molecule has 2 fully saturated rings. The van der Waals surface area contributed by atoms with Crippen LogP contribution in [0.15, 0.2) is 21.9 Å². The Hall–Kier alpha value is -1.25. The number of aromatic nitrogens is 2. The number of aromatic amines is 1. The van der Waals surface area contributed by atoms with Crippen LogP contribution in [0, 0.1) is 0 Å². The Bertz CT molecular complexity index is 683. The van der Waals surface area contributed by atoms with Crippen molar-refractivity contribution in [2.75, 3.05) is 13.3 Å². The minimum absolute atomic E-state index is 0.362. The molecule has 1 aromatic rings. The average molecular weight is 304 g/mol. The highest BCUT2D eigenvalue weighted by Gasteiger charge is 2.56. The summed E-state index contributed by atoms with van der Waals surface area (Å²) in [5.74, 6) is 0. The van der Waals surface area contributed by atoms with Gasteiger partial charge in [0.05, 0.1) is 6.61 Å². The molecule has 0 bridgehead atoms. The molecular formula is C10H13N2O7P. The molecule has 5 atom stereocenters. The molecular weight excluding hydrogens is 291 g/mol. The van der Waals surface area contributed by atoms with Crippen LogP contribution in [0.3, 0.4) is 0 Å². The summed E-state index contributed by atoms with van der Waals surface area (Å²) in [7, 11) is -3.23. The molecule has 20 heavy (non-hydrogen) atoms. The predicted molar refractivity (Wildman–Crippen MR) is 65.6 cm³/mol. The van der Waals surface area contributed by atoms with Crippen LogP contribution in [-0.4, -0.2) is 46.2 Å². The number of nitrogens with one attached hydrogen (secondary N) is 1. The Morgan fingerprint density at radius 3 is 2.75 bits per heavy atom. The number of nitrogens with zero attached hydrogens (tertiary/aromatic N) is 1. The van der Waals surface area contributed by atoms with E-state index in [-0.39, 0.29) is 6.61 Å². The summed E-state index contributed by atoms with van der Waals surface area (Å²) in [6.45, 7) is 0.950. The fourth-order valence-corrected chi connectivity index (χ4v) is 3.83. The lowest BCUT2D eigenvalue weighted by atomic mass is 10.1. The van der Waals surface area contributed by atoms with Crippen LogP contribution >= 0.6 is 7.60 Å². The van der Waals surface area contributed by atoms with Gasteiger partial charge in [-0.3, -0.25) is 28.0 Å². The second kappa shape index (κ2) is 4.64. The summed E-state index contributed by atoms with van der Waals surface area (Å²) >= 11 is 0. The molecule has 2 aliphatic heterocycles. The summed E-state index contributed by atoms with van der Waals surface area (Å²) in [4.78, 5) is 24.9. The molecule has 3 unspecified atom stereocenters. The highest BCUT2D eigenvalue weighted by atomic mass is 31.2. The molecule has 0 spiro atoms. The fourth-order valence-electron chi connectivity index (χ4n) is 2.41. The van der Waals surface area contributed by atoms with E-state index in [4.69, 9.17) is 13.8 Å². The maximum Gasteiger partial charge on any atom is 0.330 e. The van der Waals surface area contributed by atoms with Gasteiger partial charge < -0.3 is 9.84 Å². The van der Waals surface area contributed by atoms with Gasteiger partial charge in [-0.05, 0) is 0 Å². The lowest BCUT2D eigenvalue weighted by molar-refractivity contribution is -0.0588. The molecule has 0 saturated carbocycles. The van der Waals surface area contributed by atoms with Crippen LogP contribution in [0.5, 0.6) is 0 Å². The van der Waals surface area contributed by atoms with Crippen LogP contribution in [0.1, 0.15) is 6.23 Å². The molecule has 3 heterocycles. The van der Waals surface area contributed by atoms with Gasteiger partial charge in [0.1, 0.15) is 18.3 Å². The van der Waals surface area contributed by atoms with Gasteiger partial charge in [-0.2, -0.15) is 0 Å². The van der Waals surface area contributed by atoms with Crippen molar-refractivity contribution >= 4 is 7.60 Å². The van der Waals surface area contributed by atoms with Gasteiger partial charge in [-0.15, -0.1) is 0 Å². The highest BCUT2D eigenvalue weighted by molar-refractivity contribution is 7.53. The van der Waals surface area contributed by atoms with Crippen molar-refractivity contribution in [3.8, 4) is 0 Å². The number of hydrogen-bond acceptors (Lipinski definition) is 7. The molecule has 0 radical (unpaired) electrons. The van der Waals surface area contributed by atoms with E-state index in [1.807, 2.05) is 0 Å². The predicted octanol–water partition coefficient (Wildman–Crippen LogP) is -0.967. The molecule has 0 aliphatic carbocycles. The first-order chi connectivity index (χ1) is 9.41. The number of hydrogen-bond donors (Lipinski definition) is 2. The van der Waals surface area contributed by atoms with E-state index in [2.05, 4.69) is 4.98 Å². The van der Waals surface area contributed by atoms with Crippen molar-refractivity contribution in [3.05, 3.63) is 33.1 Å². The van der Waals surface area contributed by atoms with Crippen LogP contribution < -0.4 is 11.2 Å². The van der Waals surface area contributed by atoms with Gasteiger partial charge in [0.15, 0.2) is 6.23 Å². The van der Waals surface area contributed by atoms with E-state index in [0.717, 1.165) is 10.6 Å². The van der Waals surface area contributed by atoms with Crippen molar-refractivity contribution in [2.45, 2.75) is 24.5 Å². The zero-order valence-electron chi connectivity index (χ0n) is 10.5. The first-order valence-corrected chi connectivity index (χ1v) is 7.92. The van der Waals surface area contributed by atoms with Crippen molar-refractivity contribution in [1.29, 1.82) is 0 Å². The minimum Gasteiger partial charge on any atom is -0.394 e. The van der Waals surface area contributed by atoms with E-state index >= 15 is 0 Å². The molecule has 9 nitrogen and oxygen atoms in total. The zero-order chi connectivity index (χ0) is 14.5. The molecule has 2 aliphatic rings. The Balaban J connectivity index is 2.00. The van der Waals surface area contributed by atoms with Crippen LogP contribution in [0.4, 0.5) is 0 Å². The van der Waals surface area contributed by atoms with Gasteiger partial charge in [0.2, 0.25) is 0 Å². The molecule has 0 aromatic carbocycles. The Morgan fingerprint density at radius 1 is 1.40 bits per heavy atom. The third kappa shape index (κ3) is 2.17. The van der Waals surface area contributed by atoms with E-state index in [0.29, 0.717) is 0 Å². The van der Waals surface area contributed by atoms with Crippen molar-refractivity contribution < 1.29 is 23.5 Å². The molecule has 0 amide bonds. The lowest BCUT2D eigenvalue weighted by Crippen LogP contribution is -2.36. The summed E-state index contributed by atoms with van der Waals surface area (Å²) in [6.07, 6.45) is -1.92. The molecule has 110 valence electrons. The average Bonchev–Trinajstić information content (AvgIpc) is 2.83. The van der Waals surface area contributed by atoms with Gasteiger partial charge in [-0.1, -0.05) is 0 Å². The van der Waals surface area contributed by atoms with E-state index in [1.54, 1.807) is 0 Å². The number of aliphatic hydroxyl groups is 1. The van der Waals surface area contributed by atoms with Crippen molar-refractivity contribution in [3.63, 3.8) is 0 Å². The summed E-state index contributed by atoms with van der Waals surface area (Å²) in [5, 5.41) is 9.27. The standard InChI is InChI=1S/C10H13N2O7P/c1-20(16)18-7-5(4-13)17-9(8(7)19-20)12-3-2-6(14)11-10(12)15/h2-3,5,7-9,13H,4H2,1H3,(H,11,14,15)/t5-,7?,8?,9-,20?/m1/s1. The third-order valence-electron chi connectivity index (χ3n) is 3.22. The third-order valence-corrected chi connectivity index (χ3v) is 4.47. The normalized spacial score (nSPS) is 39.9. The first kappa shape index (κ1) is 13.7. The van der Waals surface area contributed by atoms with Gasteiger partial charge in [0, 0.05) is 18.9 Å². The number of rotatable bonds is 2. The maximum atomic E-state index is 11.9. The maximum absolute atomic E-state index is 11.9. The van der Waals surface area contributed by atoms with E-state index in [1.165, 1.54) is 12.9 Å². The molecule has 10 heteroatoms. The Kier molecular flexibility index (Phi) is 3.19. The molecule has 3 rings (SSSR count). The monoisotopic (exact) mass is 304 g/mol. The lowest BCUT2D eigenvalue weighted by Gasteiger charge is -2.19. The van der Waals surface area contributed by atoms with Crippen LogP contribution in [0.25, 0.3) is 0 Å². The van der Waals surface area contributed by atoms with Gasteiger partial charge in [0.25, 0.3) is 5.56 Å². The molecule has 2 N–H and O–H groups in total. The number of aliphatic hydroxyl groups excluding tert-OH is 1. The molecule has 1 aromatic heterocycles. The summed E-state index contributed by atoms with van der Waals surface area (Å²) in [5.41, 5.74) is -1.22. The van der Waals surface area contributed by atoms with E-state index in [9.17, 15) is 19.3 Å². The number of fused-ring (bicyclic) bond motifs is 1. The quantitative estimate of drug-likeness (QED) is 0.675. The van der Waals surface area contributed by atoms with Gasteiger partial charge >= 0.3 is 13.3 Å². The number of ether oxygens (including phenoxy) is 1. The largest absolute Gasteiger partial charge is 0.394 e. The van der Waals surface area contributed by atoms with Crippen LogP contribution in [0.2, 0.25) is 0 Å². The van der Waals surface area contributed by atoms with Gasteiger partial charge in [-0.25, -0.2) is 4.79 Å². The summed E-state index contributed by atoms with van der Waals surface area (Å²) < 4.78 is 29.0. The Morgan fingerprint density at radius 2 is 2.10 bits per heavy atom. The molecule has 2 saturated heterocycles. The topological polar surface area (TPSA) is 120 Å². The minimum atomic E-state index is -3.23. The van der Waals surface area contributed by atoms with Crippen LogP contribution in [-0.2, 0) is 18.3 Å². The first-order valence-electron chi connectivity index (χ1n) is 5.93. The van der Waals surface area contributed by atoms with Crippen molar-refractivity contribution in [1.82, 2.24) is 9.55 Å². The second-order valence-corrected chi connectivity index (χ2v) is 6.64. The second-order valence-electron chi connectivity index (χ2n) is 4.68. The zero-order valence-corrected chi connectivity index (χ0v) is 11.4. The van der Waals surface area contributed by atoms with E-state index < -0.39 is 43.4 Å².